The normalized spacial score (nSPS) is 11.5. The van der Waals surface area contributed by atoms with Crippen molar-refractivity contribution < 1.29 is 17.9 Å². The number of aromatic nitrogens is 3. The van der Waals surface area contributed by atoms with Crippen molar-refractivity contribution in [2.75, 3.05) is 16.8 Å². The maximum absolute atomic E-state index is 12.8. The van der Waals surface area contributed by atoms with Crippen molar-refractivity contribution in [1.82, 2.24) is 15.0 Å². The highest BCUT2D eigenvalue weighted by molar-refractivity contribution is 5.71. The average molecular weight is 464 g/mol. The largest absolute Gasteiger partial charge is 0.457 e. The predicted molar refractivity (Wildman–Crippen MR) is 125 cm³/mol. The molecule has 5 N–H and O–H groups in total. The quantitative estimate of drug-likeness (QED) is 0.311. The highest BCUT2D eigenvalue weighted by Gasteiger charge is 2.32. The number of rotatable bonds is 6. The van der Waals surface area contributed by atoms with E-state index in [-0.39, 0.29) is 11.7 Å². The molecule has 0 saturated carbocycles. The molecule has 4 rings (SSSR count). The van der Waals surface area contributed by atoms with Gasteiger partial charge in [-0.05, 0) is 54.1 Å². The molecule has 0 aliphatic heterocycles. The lowest BCUT2D eigenvalue weighted by Crippen LogP contribution is -2.07. The zero-order valence-electron chi connectivity index (χ0n) is 17.6. The Kier molecular flexibility index (Phi) is 6.30. The standard InChI is InChI=1S/C24H19F3N6O/c25-24(26,27)21-14-20(11-12-30-21)34-19-9-7-17(8-10-19)31-22-13-18(32-23(29)33-22)6-3-15-1-4-16(28)5-2-15/h1-14H,28H2,(H3,29,31,32,33). The van der Waals surface area contributed by atoms with Gasteiger partial charge in [0.2, 0.25) is 5.95 Å². The Labute approximate surface area is 193 Å². The summed E-state index contributed by atoms with van der Waals surface area (Å²) in [5.74, 6) is 0.963. The first-order valence-electron chi connectivity index (χ1n) is 10.0. The smallest absolute Gasteiger partial charge is 0.433 e. The number of anilines is 4. The summed E-state index contributed by atoms with van der Waals surface area (Å²) in [4.78, 5) is 11.7. The van der Waals surface area contributed by atoms with E-state index in [0.717, 1.165) is 17.8 Å². The number of pyridine rings is 1. The van der Waals surface area contributed by atoms with Gasteiger partial charge in [0.05, 0.1) is 5.69 Å². The molecule has 0 bridgehead atoms. The first kappa shape index (κ1) is 22.6. The summed E-state index contributed by atoms with van der Waals surface area (Å²) in [6.07, 6.45) is 0.179. The van der Waals surface area contributed by atoms with Gasteiger partial charge in [-0.2, -0.15) is 18.2 Å². The number of nitrogen functional groups attached to an aromatic ring is 2. The molecule has 0 fully saturated rings. The molecule has 0 aliphatic carbocycles. The molecule has 172 valence electrons. The molecule has 10 heteroatoms. The summed E-state index contributed by atoms with van der Waals surface area (Å²) in [6, 6.07) is 17.9. The molecule has 0 amide bonds. The molecule has 0 aliphatic rings. The van der Waals surface area contributed by atoms with Gasteiger partial charge in [0, 0.05) is 29.7 Å². The predicted octanol–water partition coefficient (Wildman–Crippen LogP) is 5.76. The van der Waals surface area contributed by atoms with Gasteiger partial charge >= 0.3 is 6.18 Å². The first-order chi connectivity index (χ1) is 16.2. The fraction of sp³-hybridized carbons (Fsp3) is 0.0417. The van der Waals surface area contributed by atoms with Crippen molar-refractivity contribution in [3.63, 3.8) is 0 Å². The van der Waals surface area contributed by atoms with Crippen LogP contribution in [0.25, 0.3) is 12.2 Å². The van der Waals surface area contributed by atoms with Gasteiger partial charge in [-0.15, -0.1) is 0 Å². The molecular weight excluding hydrogens is 445 g/mol. The first-order valence-corrected chi connectivity index (χ1v) is 10.0. The minimum atomic E-state index is -4.55. The van der Waals surface area contributed by atoms with Crippen LogP contribution in [0.5, 0.6) is 11.5 Å². The minimum Gasteiger partial charge on any atom is -0.457 e. The molecular formula is C24H19F3N6O. The Morgan fingerprint density at radius 1 is 0.824 bits per heavy atom. The third-order valence-electron chi connectivity index (χ3n) is 4.53. The highest BCUT2D eigenvalue weighted by Crippen LogP contribution is 2.31. The topological polar surface area (TPSA) is 112 Å². The van der Waals surface area contributed by atoms with E-state index in [4.69, 9.17) is 16.2 Å². The third-order valence-corrected chi connectivity index (χ3v) is 4.53. The monoisotopic (exact) mass is 464 g/mol. The van der Waals surface area contributed by atoms with Gasteiger partial charge in [-0.1, -0.05) is 18.2 Å². The second kappa shape index (κ2) is 9.49. The summed E-state index contributed by atoms with van der Waals surface area (Å²) >= 11 is 0. The van der Waals surface area contributed by atoms with E-state index >= 15 is 0 Å². The number of benzene rings is 2. The van der Waals surface area contributed by atoms with E-state index in [2.05, 4.69) is 20.3 Å². The van der Waals surface area contributed by atoms with E-state index in [1.165, 1.54) is 6.07 Å². The number of alkyl halides is 3. The second-order valence-electron chi connectivity index (χ2n) is 7.16. The fourth-order valence-corrected chi connectivity index (χ4v) is 2.94. The lowest BCUT2D eigenvalue weighted by molar-refractivity contribution is -0.141. The minimum absolute atomic E-state index is 0.0316. The molecule has 2 heterocycles. The number of nitrogens with zero attached hydrogens (tertiary/aromatic N) is 3. The van der Waals surface area contributed by atoms with Crippen LogP contribution >= 0.6 is 0 Å². The fourth-order valence-electron chi connectivity index (χ4n) is 2.94. The van der Waals surface area contributed by atoms with E-state index in [1.54, 1.807) is 48.5 Å². The van der Waals surface area contributed by atoms with Crippen molar-refractivity contribution in [3.8, 4) is 11.5 Å². The molecule has 0 radical (unpaired) electrons. The molecule has 2 aromatic carbocycles. The van der Waals surface area contributed by atoms with E-state index in [9.17, 15) is 13.2 Å². The van der Waals surface area contributed by atoms with E-state index in [0.29, 0.717) is 28.6 Å². The number of hydrogen-bond donors (Lipinski definition) is 3. The molecule has 4 aromatic rings. The number of hydrogen-bond acceptors (Lipinski definition) is 7. The molecule has 0 saturated heterocycles. The van der Waals surface area contributed by atoms with Crippen LogP contribution in [0.1, 0.15) is 17.0 Å². The summed E-state index contributed by atoms with van der Waals surface area (Å²) in [5.41, 5.74) is 13.4. The van der Waals surface area contributed by atoms with Crippen LogP contribution in [0.2, 0.25) is 0 Å². The summed E-state index contributed by atoms with van der Waals surface area (Å²) in [6.45, 7) is 0. The van der Waals surface area contributed by atoms with E-state index < -0.39 is 11.9 Å². The van der Waals surface area contributed by atoms with Gasteiger partial charge in [0.15, 0.2) is 0 Å². The molecule has 0 spiro atoms. The Morgan fingerprint density at radius 2 is 1.56 bits per heavy atom. The van der Waals surface area contributed by atoms with Crippen molar-refractivity contribution >= 4 is 35.3 Å². The zero-order valence-corrected chi connectivity index (χ0v) is 17.6. The number of nitrogens with one attached hydrogen (secondary N) is 1. The zero-order chi connectivity index (χ0) is 24.1. The number of nitrogens with two attached hydrogens (primary N) is 2. The summed E-state index contributed by atoms with van der Waals surface area (Å²) < 4.78 is 44.0. The second-order valence-corrected chi connectivity index (χ2v) is 7.16. The van der Waals surface area contributed by atoms with E-state index in [1.807, 2.05) is 18.2 Å². The maximum Gasteiger partial charge on any atom is 0.433 e. The lowest BCUT2D eigenvalue weighted by atomic mass is 10.2. The van der Waals surface area contributed by atoms with Crippen LogP contribution in [0.4, 0.5) is 36.3 Å². The van der Waals surface area contributed by atoms with Crippen molar-refractivity contribution in [1.29, 1.82) is 0 Å². The van der Waals surface area contributed by atoms with Gasteiger partial charge in [0.25, 0.3) is 0 Å². The molecule has 34 heavy (non-hydrogen) atoms. The Hall–Kier alpha value is -4.60. The molecule has 7 nitrogen and oxygen atoms in total. The Bertz CT molecular complexity index is 1310. The molecule has 0 unspecified atom stereocenters. The van der Waals surface area contributed by atoms with Gasteiger partial charge in [-0.25, -0.2) is 4.98 Å². The number of ether oxygens (including phenoxy) is 1. The molecule has 2 aromatic heterocycles. The van der Waals surface area contributed by atoms with Crippen LogP contribution in [0.3, 0.4) is 0 Å². The molecule has 0 atom stereocenters. The third kappa shape index (κ3) is 6.00. The van der Waals surface area contributed by atoms with Gasteiger partial charge in [-0.3, -0.25) is 4.98 Å². The van der Waals surface area contributed by atoms with Crippen molar-refractivity contribution in [2.24, 2.45) is 0 Å². The SMILES string of the molecule is Nc1ccc(C=Cc2cc(Nc3ccc(Oc4ccnc(C(F)(F)F)c4)cc3)nc(N)n2)cc1. The van der Waals surface area contributed by atoms with Crippen LogP contribution in [-0.2, 0) is 6.18 Å². The Morgan fingerprint density at radius 3 is 2.26 bits per heavy atom. The van der Waals surface area contributed by atoms with Crippen LogP contribution < -0.4 is 21.5 Å². The van der Waals surface area contributed by atoms with Gasteiger partial charge < -0.3 is 21.5 Å². The van der Waals surface area contributed by atoms with Crippen LogP contribution in [0.15, 0.2) is 72.9 Å². The number of halogens is 3. The lowest BCUT2D eigenvalue weighted by Gasteiger charge is -2.10. The van der Waals surface area contributed by atoms with Crippen molar-refractivity contribution in [2.45, 2.75) is 6.18 Å². The summed E-state index contributed by atoms with van der Waals surface area (Å²) in [7, 11) is 0. The summed E-state index contributed by atoms with van der Waals surface area (Å²) in [5, 5.41) is 3.12. The van der Waals surface area contributed by atoms with Crippen LogP contribution in [-0.4, -0.2) is 15.0 Å². The van der Waals surface area contributed by atoms with Gasteiger partial charge in [0.1, 0.15) is 23.0 Å². The highest BCUT2D eigenvalue weighted by atomic mass is 19.4. The average Bonchev–Trinajstić information content (AvgIpc) is 2.79. The Balaban J connectivity index is 1.44. The van der Waals surface area contributed by atoms with Crippen molar-refractivity contribution in [3.05, 3.63) is 89.9 Å². The maximum atomic E-state index is 12.8. The van der Waals surface area contributed by atoms with Crippen LogP contribution in [0, 0.1) is 0 Å².